The van der Waals surface area contributed by atoms with Gasteiger partial charge in [0.1, 0.15) is 11.5 Å². The molecular formula is C14H8O4S2. The van der Waals surface area contributed by atoms with Crippen molar-refractivity contribution in [1.29, 1.82) is 0 Å². The van der Waals surface area contributed by atoms with Gasteiger partial charge in [0.25, 0.3) is 0 Å². The van der Waals surface area contributed by atoms with Gasteiger partial charge in [-0.2, -0.15) is 0 Å². The summed E-state index contributed by atoms with van der Waals surface area (Å²) >= 11 is 8.51. The molecule has 0 aromatic heterocycles. The van der Waals surface area contributed by atoms with Crippen molar-refractivity contribution in [2.45, 2.75) is 9.79 Å². The quantitative estimate of drug-likeness (QED) is 0.507. The number of ether oxygens (including phenoxy) is 2. The molecule has 0 saturated heterocycles. The molecule has 1 aliphatic rings. The number of hydrogen-bond donors (Lipinski definition) is 2. The Bertz CT molecular complexity index is 740. The predicted octanol–water partition coefficient (Wildman–Crippen LogP) is 3.37. The van der Waals surface area contributed by atoms with Gasteiger partial charge >= 0.3 is 11.9 Å². The van der Waals surface area contributed by atoms with Gasteiger partial charge in [-0.05, 0) is 36.4 Å². The van der Waals surface area contributed by atoms with Crippen LogP contribution in [-0.4, -0.2) is 11.9 Å². The van der Waals surface area contributed by atoms with E-state index in [1.165, 1.54) is 12.1 Å². The molecule has 2 aromatic carbocycles. The molecule has 0 atom stereocenters. The van der Waals surface area contributed by atoms with Crippen molar-refractivity contribution < 1.29 is 19.1 Å². The second-order valence-electron chi connectivity index (χ2n) is 4.14. The summed E-state index contributed by atoms with van der Waals surface area (Å²) < 4.78 is 10.2. The van der Waals surface area contributed by atoms with Crippen molar-refractivity contribution in [2.75, 3.05) is 0 Å². The fourth-order valence-corrected chi connectivity index (χ4v) is 2.22. The molecule has 0 saturated carbocycles. The summed E-state index contributed by atoms with van der Waals surface area (Å²) in [6.45, 7) is 0. The van der Waals surface area contributed by atoms with E-state index in [1.54, 1.807) is 24.3 Å². The highest BCUT2D eigenvalue weighted by molar-refractivity contribution is 7.80. The maximum absolute atomic E-state index is 11.5. The van der Waals surface area contributed by atoms with E-state index in [9.17, 15) is 9.59 Å². The molecule has 1 heterocycles. The molecule has 0 N–H and O–H groups in total. The van der Waals surface area contributed by atoms with E-state index in [2.05, 4.69) is 30.0 Å². The Morgan fingerprint density at radius 2 is 1.65 bits per heavy atom. The van der Waals surface area contributed by atoms with Gasteiger partial charge in [0.2, 0.25) is 0 Å². The first kappa shape index (κ1) is 13.1. The van der Waals surface area contributed by atoms with E-state index in [0.717, 1.165) is 4.90 Å². The van der Waals surface area contributed by atoms with Crippen LogP contribution in [0.4, 0.5) is 0 Å². The molecule has 0 amide bonds. The van der Waals surface area contributed by atoms with Crippen LogP contribution in [0.5, 0.6) is 11.5 Å². The predicted molar refractivity (Wildman–Crippen MR) is 77.2 cm³/mol. The minimum Gasteiger partial charge on any atom is -0.456 e. The van der Waals surface area contributed by atoms with Crippen LogP contribution in [0.15, 0.2) is 46.2 Å². The zero-order valence-electron chi connectivity index (χ0n) is 9.99. The Hall–Kier alpha value is -1.92. The number of rotatable bonds is 2. The largest absolute Gasteiger partial charge is 0.456 e. The van der Waals surface area contributed by atoms with E-state index >= 15 is 0 Å². The van der Waals surface area contributed by atoms with E-state index < -0.39 is 11.9 Å². The Morgan fingerprint density at radius 3 is 2.45 bits per heavy atom. The van der Waals surface area contributed by atoms with Crippen molar-refractivity contribution in [1.82, 2.24) is 0 Å². The maximum Gasteiger partial charge on any atom is 0.347 e. The van der Waals surface area contributed by atoms with E-state index in [0.29, 0.717) is 16.4 Å². The van der Waals surface area contributed by atoms with Gasteiger partial charge in [-0.25, -0.2) is 9.59 Å². The number of hydrogen-bond acceptors (Lipinski definition) is 6. The van der Waals surface area contributed by atoms with Crippen LogP contribution >= 0.6 is 25.3 Å². The third-order valence-corrected chi connectivity index (χ3v) is 3.44. The van der Waals surface area contributed by atoms with Gasteiger partial charge in [0.05, 0.1) is 11.1 Å². The minimum absolute atomic E-state index is 0.204. The summed E-state index contributed by atoms with van der Waals surface area (Å²) in [4.78, 5) is 24.2. The molecule has 0 aliphatic carbocycles. The zero-order chi connectivity index (χ0) is 14.3. The molecule has 6 heteroatoms. The topological polar surface area (TPSA) is 52.6 Å². The number of cyclic esters (lactones) is 2. The van der Waals surface area contributed by atoms with Gasteiger partial charge < -0.3 is 9.47 Å². The second-order valence-corrected chi connectivity index (χ2v) is 5.14. The lowest BCUT2D eigenvalue weighted by molar-refractivity contribution is 0.0443. The standard InChI is InChI=1S/C14H8O4S2/c15-13-9-3-1-7(5-10(9)14(16)18-13)17-11-6-8(19)2-4-12(11)20/h1-6,19-20H. The number of carbonyl (C=O) groups excluding carboxylic acids is 2. The molecule has 0 spiro atoms. The number of carbonyl (C=O) groups is 2. The van der Waals surface area contributed by atoms with E-state index in [-0.39, 0.29) is 11.1 Å². The molecule has 0 fully saturated rings. The van der Waals surface area contributed by atoms with Crippen molar-refractivity contribution in [3.8, 4) is 11.5 Å². The summed E-state index contributed by atoms with van der Waals surface area (Å²) in [6.07, 6.45) is 0. The van der Waals surface area contributed by atoms with Crippen LogP contribution in [-0.2, 0) is 4.74 Å². The Kier molecular flexibility index (Phi) is 3.19. The molecular weight excluding hydrogens is 296 g/mol. The average molecular weight is 304 g/mol. The molecule has 20 heavy (non-hydrogen) atoms. The molecule has 0 bridgehead atoms. The monoisotopic (exact) mass is 304 g/mol. The van der Waals surface area contributed by atoms with Gasteiger partial charge in [0.15, 0.2) is 0 Å². The number of benzene rings is 2. The second kappa shape index (κ2) is 4.88. The van der Waals surface area contributed by atoms with Crippen molar-refractivity contribution in [2.24, 2.45) is 0 Å². The first-order chi connectivity index (χ1) is 9.54. The molecule has 2 aromatic rings. The summed E-state index contributed by atoms with van der Waals surface area (Å²) in [5.41, 5.74) is 0.451. The van der Waals surface area contributed by atoms with Crippen LogP contribution in [0.3, 0.4) is 0 Å². The van der Waals surface area contributed by atoms with Gasteiger partial charge in [0, 0.05) is 9.79 Å². The van der Waals surface area contributed by atoms with Crippen LogP contribution in [0.2, 0.25) is 0 Å². The summed E-state index contributed by atoms with van der Waals surface area (Å²) in [7, 11) is 0. The van der Waals surface area contributed by atoms with Gasteiger partial charge in [-0.15, -0.1) is 25.3 Å². The lowest BCUT2D eigenvalue weighted by Gasteiger charge is -2.09. The van der Waals surface area contributed by atoms with Crippen LogP contribution < -0.4 is 4.74 Å². The van der Waals surface area contributed by atoms with Crippen LogP contribution in [0.1, 0.15) is 20.7 Å². The highest BCUT2D eigenvalue weighted by Crippen LogP contribution is 2.32. The highest BCUT2D eigenvalue weighted by atomic mass is 32.1. The van der Waals surface area contributed by atoms with Gasteiger partial charge in [-0.1, -0.05) is 0 Å². The summed E-state index contributed by atoms with van der Waals surface area (Å²) in [5.74, 6) is -0.364. The van der Waals surface area contributed by atoms with E-state index in [1.807, 2.05) is 0 Å². The molecule has 0 unspecified atom stereocenters. The third kappa shape index (κ3) is 2.28. The summed E-state index contributed by atoms with van der Waals surface area (Å²) in [5, 5.41) is 0. The fourth-order valence-electron chi connectivity index (χ4n) is 1.84. The SMILES string of the molecule is O=C1OC(=O)c2cc(Oc3cc(S)ccc3S)ccc21. The fraction of sp³-hybridized carbons (Fsp3) is 0. The molecule has 1 aliphatic heterocycles. The molecule has 0 radical (unpaired) electrons. The third-order valence-electron chi connectivity index (χ3n) is 2.79. The Labute approximate surface area is 125 Å². The van der Waals surface area contributed by atoms with Gasteiger partial charge in [-0.3, -0.25) is 0 Å². The van der Waals surface area contributed by atoms with Crippen molar-refractivity contribution in [3.63, 3.8) is 0 Å². The smallest absolute Gasteiger partial charge is 0.347 e. The maximum atomic E-state index is 11.5. The number of thiol groups is 2. The minimum atomic E-state index is -0.663. The van der Waals surface area contributed by atoms with Crippen molar-refractivity contribution >= 4 is 37.2 Å². The summed E-state index contributed by atoms with van der Waals surface area (Å²) in [6, 6.07) is 9.82. The first-order valence-electron chi connectivity index (χ1n) is 5.65. The molecule has 4 nitrogen and oxygen atoms in total. The number of fused-ring (bicyclic) bond motifs is 1. The van der Waals surface area contributed by atoms with Crippen LogP contribution in [0, 0.1) is 0 Å². The lowest BCUT2D eigenvalue weighted by atomic mass is 10.1. The molecule has 100 valence electrons. The van der Waals surface area contributed by atoms with Crippen molar-refractivity contribution in [3.05, 3.63) is 47.5 Å². The normalized spacial score (nSPS) is 13.1. The molecule has 3 rings (SSSR count). The lowest BCUT2D eigenvalue weighted by Crippen LogP contribution is -1.96. The highest BCUT2D eigenvalue weighted by Gasteiger charge is 2.29. The Morgan fingerprint density at radius 1 is 0.900 bits per heavy atom. The zero-order valence-corrected chi connectivity index (χ0v) is 11.8. The number of esters is 2. The van der Waals surface area contributed by atoms with Crippen LogP contribution in [0.25, 0.3) is 0 Å². The van der Waals surface area contributed by atoms with E-state index in [4.69, 9.17) is 4.74 Å². The Balaban J connectivity index is 1.97. The first-order valence-corrected chi connectivity index (χ1v) is 6.54. The average Bonchev–Trinajstić information content (AvgIpc) is 2.69.